The zero-order valence-corrected chi connectivity index (χ0v) is 9.62. The molecule has 1 atom stereocenters. The van der Waals surface area contributed by atoms with Gasteiger partial charge in [-0.25, -0.2) is 4.79 Å². The van der Waals surface area contributed by atoms with Crippen LogP contribution in [0.1, 0.15) is 35.2 Å². The molecule has 0 amide bonds. The first kappa shape index (κ1) is 12.5. The molecule has 1 heterocycles. The van der Waals surface area contributed by atoms with Crippen molar-refractivity contribution in [2.45, 2.75) is 32.9 Å². The van der Waals surface area contributed by atoms with Crippen molar-refractivity contribution in [2.24, 2.45) is 0 Å². The molecule has 0 aliphatic carbocycles. The molecule has 1 aromatic heterocycles. The quantitative estimate of drug-likeness (QED) is 0.726. The van der Waals surface area contributed by atoms with E-state index in [9.17, 15) is 4.79 Å². The van der Waals surface area contributed by atoms with Crippen molar-refractivity contribution in [1.29, 1.82) is 0 Å². The number of aryl methyl sites for hydroxylation is 1. The highest BCUT2D eigenvalue weighted by Crippen LogP contribution is 2.14. The number of aromatic carboxylic acids is 1. The Morgan fingerprint density at radius 2 is 2.44 bits per heavy atom. The molecule has 0 bridgehead atoms. The molecular formula is C12H17NO3. The number of carboxylic acids is 1. The fourth-order valence-corrected chi connectivity index (χ4v) is 1.45. The van der Waals surface area contributed by atoms with Crippen LogP contribution in [0.3, 0.4) is 0 Å². The van der Waals surface area contributed by atoms with Crippen LogP contribution in [0.2, 0.25) is 0 Å². The average Bonchev–Trinajstić information content (AvgIpc) is 2.57. The van der Waals surface area contributed by atoms with Gasteiger partial charge >= 0.3 is 5.97 Å². The molecule has 0 aromatic carbocycles. The molecule has 4 heteroatoms. The fraction of sp³-hybridized carbons (Fsp3) is 0.417. The molecule has 1 unspecified atom stereocenters. The second kappa shape index (κ2) is 5.51. The lowest BCUT2D eigenvalue weighted by Gasteiger charge is -2.09. The van der Waals surface area contributed by atoms with Crippen LogP contribution in [0.15, 0.2) is 23.1 Å². The third kappa shape index (κ3) is 3.24. The van der Waals surface area contributed by atoms with Crippen LogP contribution in [0, 0.1) is 6.92 Å². The minimum absolute atomic E-state index is 0.230. The summed E-state index contributed by atoms with van der Waals surface area (Å²) >= 11 is 0. The molecule has 2 N–H and O–H groups in total. The topological polar surface area (TPSA) is 62.5 Å². The minimum atomic E-state index is -0.952. The van der Waals surface area contributed by atoms with Gasteiger partial charge in [0.1, 0.15) is 17.1 Å². The van der Waals surface area contributed by atoms with Crippen molar-refractivity contribution < 1.29 is 14.3 Å². The average molecular weight is 223 g/mol. The van der Waals surface area contributed by atoms with Gasteiger partial charge in [0.15, 0.2) is 0 Å². The maximum absolute atomic E-state index is 10.8. The van der Waals surface area contributed by atoms with E-state index < -0.39 is 5.97 Å². The van der Waals surface area contributed by atoms with E-state index in [1.807, 2.05) is 13.0 Å². The lowest BCUT2D eigenvalue weighted by Crippen LogP contribution is -2.24. The Hall–Kier alpha value is -1.55. The van der Waals surface area contributed by atoms with Crippen molar-refractivity contribution in [2.75, 3.05) is 0 Å². The SMILES string of the molecule is C=CCC(C)NCc1cc(C(=O)O)c(C)o1. The van der Waals surface area contributed by atoms with Gasteiger partial charge in [-0.3, -0.25) is 0 Å². The fourth-order valence-electron chi connectivity index (χ4n) is 1.45. The second-order valence-corrected chi connectivity index (χ2v) is 3.79. The van der Waals surface area contributed by atoms with E-state index in [0.29, 0.717) is 24.1 Å². The van der Waals surface area contributed by atoms with Crippen LogP contribution in [0.4, 0.5) is 0 Å². The van der Waals surface area contributed by atoms with Crippen LogP contribution in [-0.4, -0.2) is 17.1 Å². The predicted octanol–water partition coefficient (Wildman–Crippen LogP) is 2.34. The number of carbonyl (C=O) groups is 1. The Kier molecular flexibility index (Phi) is 4.31. The third-order valence-electron chi connectivity index (χ3n) is 2.34. The number of hydrogen-bond acceptors (Lipinski definition) is 3. The maximum atomic E-state index is 10.8. The molecule has 0 spiro atoms. The minimum Gasteiger partial charge on any atom is -0.478 e. The van der Waals surface area contributed by atoms with Gasteiger partial charge in [0.2, 0.25) is 0 Å². The Labute approximate surface area is 95.0 Å². The predicted molar refractivity (Wildman–Crippen MR) is 61.5 cm³/mol. The van der Waals surface area contributed by atoms with Gasteiger partial charge in [0.05, 0.1) is 6.54 Å². The zero-order valence-electron chi connectivity index (χ0n) is 9.62. The lowest BCUT2D eigenvalue weighted by atomic mass is 10.2. The molecule has 4 nitrogen and oxygen atoms in total. The summed E-state index contributed by atoms with van der Waals surface area (Å²) in [5.41, 5.74) is 0.230. The third-order valence-corrected chi connectivity index (χ3v) is 2.34. The molecule has 1 aromatic rings. The molecule has 0 aliphatic heterocycles. The summed E-state index contributed by atoms with van der Waals surface area (Å²) in [5.74, 6) is 0.137. The Bertz CT molecular complexity index is 382. The number of hydrogen-bond donors (Lipinski definition) is 2. The van der Waals surface area contributed by atoms with E-state index in [2.05, 4.69) is 11.9 Å². The summed E-state index contributed by atoms with van der Waals surface area (Å²) in [6.45, 7) is 7.88. The molecule has 0 radical (unpaired) electrons. The highest BCUT2D eigenvalue weighted by atomic mass is 16.4. The lowest BCUT2D eigenvalue weighted by molar-refractivity contribution is 0.0695. The van der Waals surface area contributed by atoms with Crippen LogP contribution >= 0.6 is 0 Å². The second-order valence-electron chi connectivity index (χ2n) is 3.79. The first-order valence-electron chi connectivity index (χ1n) is 5.21. The van der Waals surface area contributed by atoms with Gasteiger partial charge in [0.25, 0.3) is 0 Å². The van der Waals surface area contributed by atoms with Crippen LogP contribution in [0.25, 0.3) is 0 Å². The van der Waals surface area contributed by atoms with E-state index in [0.717, 1.165) is 6.42 Å². The van der Waals surface area contributed by atoms with Crippen molar-refractivity contribution in [3.63, 3.8) is 0 Å². The monoisotopic (exact) mass is 223 g/mol. The van der Waals surface area contributed by atoms with Crippen molar-refractivity contribution in [3.8, 4) is 0 Å². The highest BCUT2D eigenvalue weighted by molar-refractivity contribution is 5.88. The summed E-state index contributed by atoms with van der Waals surface area (Å²) in [4.78, 5) is 10.8. The maximum Gasteiger partial charge on any atom is 0.339 e. The van der Waals surface area contributed by atoms with E-state index in [-0.39, 0.29) is 5.56 Å². The normalized spacial score (nSPS) is 12.4. The largest absolute Gasteiger partial charge is 0.478 e. The van der Waals surface area contributed by atoms with Crippen LogP contribution < -0.4 is 5.32 Å². The molecule has 0 aliphatic rings. The van der Waals surface area contributed by atoms with E-state index in [1.54, 1.807) is 13.0 Å². The first-order valence-corrected chi connectivity index (χ1v) is 5.21. The smallest absolute Gasteiger partial charge is 0.339 e. The van der Waals surface area contributed by atoms with Gasteiger partial charge in [-0.05, 0) is 26.3 Å². The summed E-state index contributed by atoms with van der Waals surface area (Å²) in [6, 6.07) is 1.86. The molecule has 88 valence electrons. The number of furan rings is 1. The Balaban J connectivity index is 2.58. The van der Waals surface area contributed by atoms with Gasteiger partial charge < -0.3 is 14.8 Å². The van der Waals surface area contributed by atoms with E-state index in [1.165, 1.54) is 0 Å². The molecule has 0 fully saturated rings. The van der Waals surface area contributed by atoms with Crippen molar-refractivity contribution >= 4 is 5.97 Å². The van der Waals surface area contributed by atoms with Gasteiger partial charge in [0, 0.05) is 6.04 Å². The van der Waals surface area contributed by atoms with E-state index >= 15 is 0 Å². The molecule has 16 heavy (non-hydrogen) atoms. The molecular weight excluding hydrogens is 206 g/mol. The number of carboxylic acid groups (broad SMARTS) is 1. The number of rotatable bonds is 6. The summed E-state index contributed by atoms with van der Waals surface area (Å²) in [6.07, 6.45) is 2.71. The molecule has 0 saturated heterocycles. The summed E-state index contributed by atoms with van der Waals surface area (Å²) < 4.78 is 5.34. The standard InChI is InChI=1S/C12H17NO3/c1-4-5-8(2)13-7-10-6-11(12(14)15)9(3)16-10/h4,6,8,13H,1,5,7H2,2-3H3,(H,14,15). The molecule has 1 rings (SSSR count). The van der Waals surface area contributed by atoms with E-state index in [4.69, 9.17) is 9.52 Å². The Morgan fingerprint density at radius 1 is 1.75 bits per heavy atom. The highest BCUT2D eigenvalue weighted by Gasteiger charge is 2.13. The summed E-state index contributed by atoms with van der Waals surface area (Å²) in [7, 11) is 0. The van der Waals surface area contributed by atoms with Crippen molar-refractivity contribution in [3.05, 3.63) is 35.8 Å². The summed E-state index contributed by atoms with van der Waals surface area (Å²) in [5, 5.41) is 12.1. The van der Waals surface area contributed by atoms with Gasteiger partial charge in [-0.15, -0.1) is 6.58 Å². The van der Waals surface area contributed by atoms with Gasteiger partial charge in [-0.2, -0.15) is 0 Å². The number of nitrogens with one attached hydrogen (secondary N) is 1. The Morgan fingerprint density at radius 3 is 2.94 bits per heavy atom. The zero-order chi connectivity index (χ0) is 12.1. The van der Waals surface area contributed by atoms with Crippen LogP contribution in [-0.2, 0) is 6.54 Å². The van der Waals surface area contributed by atoms with Crippen LogP contribution in [0.5, 0.6) is 0 Å². The van der Waals surface area contributed by atoms with Gasteiger partial charge in [-0.1, -0.05) is 6.08 Å². The van der Waals surface area contributed by atoms with Crippen molar-refractivity contribution in [1.82, 2.24) is 5.32 Å². The first-order chi connectivity index (χ1) is 7.54. The molecule has 0 saturated carbocycles.